The summed E-state index contributed by atoms with van der Waals surface area (Å²) in [5, 5.41) is 5.59. The Morgan fingerprint density at radius 2 is 2.03 bits per heavy atom. The van der Waals surface area contributed by atoms with E-state index in [4.69, 9.17) is 4.74 Å². The first kappa shape index (κ1) is 19.4. The first-order valence-corrected chi connectivity index (χ1v) is 10.9. The second-order valence-electron chi connectivity index (χ2n) is 7.48. The van der Waals surface area contributed by atoms with Gasteiger partial charge in [0.15, 0.2) is 5.13 Å². The molecule has 0 aliphatic heterocycles. The number of carbonyl (C=O) groups is 1. The molecule has 156 valence electrons. The average molecular weight is 432 g/mol. The Bertz CT molecular complexity index is 1190. The Balaban J connectivity index is 1.23. The molecule has 5 rings (SSSR count). The van der Waals surface area contributed by atoms with Gasteiger partial charge in [-0.25, -0.2) is 4.98 Å². The van der Waals surface area contributed by atoms with Crippen molar-refractivity contribution in [2.24, 2.45) is 0 Å². The Kier molecular flexibility index (Phi) is 5.21. The van der Waals surface area contributed by atoms with Gasteiger partial charge in [0.1, 0.15) is 11.4 Å². The number of amides is 1. The molecule has 31 heavy (non-hydrogen) atoms. The highest BCUT2D eigenvalue weighted by Crippen LogP contribution is 2.54. The van der Waals surface area contributed by atoms with Gasteiger partial charge in [0, 0.05) is 48.0 Å². The summed E-state index contributed by atoms with van der Waals surface area (Å²) in [5.41, 5.74) is 3.75. The van der Waals surface area contributed by atoms with Gasteiger partial charge < -0.3 is 9.30 Å². The largest absolute Gasteiger partial charge is 0.495 e. The van der Waals surface area contributed by atoms with Crippen LogP contribution in [0.4, 0.5) is 5.13 Å². The number of nitrogens with one attached hydrogen (secondary N) is 1. The lowest BCUT2D eigenvalue weighted by Gasteiger charge is -2.08. The number of pyridine rings is 2. The van der Waals surface area contributed by atoms with Gasteiger partial charge in [-0.05, 0) is 48.4 Å². The molecule has 8 heteroatoms. The van der Waals surface area contributed by atoms with Crippen LogP contribution in [0.1, 0.15) is 45.7 Å². The van der Waals surface area contributed by atoms with Gasteiger partial charge in [0.05, 0.1) is 19.0 Å². The summed E-state index contributed by atoms with van der Waals surface area (Å²) in [4.78, 5) is 26.0. The zero-order valence-corrected chi connectivity index (χ0v) is 17.7. The van der Waals surface area contributed by atoms with Crippen LogP contribution in [0.15, 0.2) is 66.6 Å². The molecule has 4 aromatic heterocycles. The summed E-state index contributed by atoms with van der Waals surface area (Å²) in [7, 11) is 1.64. The minimum absolute atomic E-state index is 0.163. The van der Waals surface area contributed by atoms with E-state index in [0.717, 1.165) is 29.1 Å². The fourth-order valence-electron chi connectivity index (χ4n) is 3.70. The summed E-state index contributed by atoms with van der Waals surface area (Å²) >= 11 is 1.46. The van der Waals surface area contributed by atoms with Gasteiger partial charge >= 0.3 is 0 Å². The number of rotatable bonds is 7. The average Bonchev–Trinajstić information content (AvgIpc) is 3.22. The van der Waals surface area contributed by atoms with Gasteiger partial charge in [-0.15, -0.1) is 11.3 Å². The maximum absolute atomic E-state index is 12.8. The molecule has 0 bridgehead atoms. The molecule has 1 fully saturated rings. The van der Waals surface area contributed by atoms with Crippen molar-refractivity contribution in [3.8, 4) is 5.75 Å². The fraction of sp³-hybridized carbons (Fsp3) is 0.217. The zero-order valence-electron chi connectivity index (χ0n) is 16.9. The summed E-state index contributed by atoms with van der Waals surface area (Å²) < 4.78 is 7.10. The van der Waals surface area contributed by atoms with Gasteiger partial charge in [0.2, 0.25) is 0 Å². The van der Waals surface area contributed by atoms with E-state index in [1.54, 1.807) is 25.7 Å². The number of aromatic nitrogens is 4. The first-order chi connectivity index (χ1) is 15.2. The monoisotopic (exact) mass is 431 g/mol. The van der Waals surface area contributed by atoms with Crippen molar-refractivity contribution in [1.29, 1.82) is 0 Å². The van der Waals surface area contributed by atoms with E-state index in [1.807, 2.05) is 52.5 Å². The van der Waals surface area contributed by atoms with E-state index in [2.05, 4.69) is 20.3 Å². The van der Waals surface area contributed by atoms with E-state index in [0.29, 0.717) is 29.2 Å². The van der Waals surface area contributed by atoms with Crippen LogP contribution in [0.25, 0.3) is 0 Å². The lowest BCUT2D eigenvalue weighted by Crippen LogP contribution is -2.17. The molecule has 2 atom stereocenters. The van der Waals surface area contributed by atoms with Crippen LogP contribution in [-0.2, 0) is 6.54 Å². The van der Waals surface area contributed by atoms with E-state index >= 15 is 0 Å². The molecular formula is C23H21N5O2S. The highest BCUT2D eigenvalue weighted by Gasteiger charge is 2.42. The lowest BCUT2D eigenvalue weighted by molar-refractivity contribution is 0.101. The molecular weight excluding hydrogens is 410 g/mol. The minimum Gasteiger partial charge on any atom is -0.495 e. The van der Waals surface area contributed by atoms with Crippen molar-refractivity contribution in [3.63, 3.8) is 0 Å². The summed E-state index contributed by atoms with van der Waals surface area (Å²) in [5.74, 6) is 1.31. The van der Waals surface area contributed by atoms with Crippen LogP contribution >= 0.6 is 11.3 Å². The number of ether oxygens (including phenoxy) is 1. The van der Waals surface area contributed by atoms with Crippen LogP contribution in [0.5, 0.6) is 5.75 Å². The molecule has 0 unspecified atom stereocenters. The molecule has 0 radical (unpaired) electrons. The van der Waals surface area contributed by atoms with Crippen LogP contribution in [0, 0.1) is 0 Å². The first-order valence-electron chi connectivity index (χ1n) is 10.0. The SMILES string of the molecule is COc1ccc([C@H]2C[C@H]2c2csc(NC(=O)c3cccn3Cc3ccncc3)n2)nc1. The van der Waals surface area contributed by atoms with Gasteiger partial charge in [-0.3, -0.25) is 20.1 Å². The highest BCUT2D eigenvalue weighted by molar-refractivity contribution is 7.14. The topological polar surface area (TPSA) is 81.9 Å². The van der Waals surface area contributed by atoms with Crippen LogP contribution in [0.3, 0.4) is 0 Å². The smallest absolute Gasteiger partial charge is 0.274 e. The lowest BCUT2D eigenvalue weighted by atomic mass is 10.2. The third kappa shape index (κ3) is 4.20. The quantitative estimate of drug-likeness (QED) is 0.471. The molecule has 1 aliphatic rings. The molecule has 4 aromatic rings. The maximum atomic E-state index is 12.8. The van der Waals surface area contributed by atoms with E-state index in [9.17, 15) is 4.79 Å². The van der Waals surface area contributed by atoms with Crippen molar-refractivity contribution in [2.45, 2.75) is 24.8 Å². The molecule has 1 N–H and O–H groups in total. The van der Waals surface area contributed by atoms with Crippen molar-refractivity contribution in [3.05, 3.63) is 89.2 Å². The molecule has 7 nitrogen and oxygen atoms in total. The van der Waals surface area contributed by atoms with Crippen LogP contribution in [-0.4, -0.2) is 32.5 Å². The maximum Gasteiger partial charge on any atom is 0.274 e. The molecule has 4 heterocycles. The minimum atomic E-state index is -0.163. The highest BCUT2D eigenvalue weighted by atomic mass is 32.1. The third-order valence-electron chi connectivity index (χ3n) is 5.45. The predicted molar refractivity (Wildman–Crippen MR) is 119 cm³/mol. The van der Waals surface area contributed by atoms with Gasteiger partial charge in [-0.2, -0.15) is 0 Å². The fourth-order valence-corrected chi connectivity index (χ4v) is 4.47. The van der Waals surface area contributed by atoms with E-state index in [-0.39, 0.29) is 5.91 Å². The molecule has 0 saturated heterocycles. The number of nitrogens with zero attached hydrogens (tertiary/aromatic N) is 4. The second-order valence-corrected chi connectivity index (χ2v) is 8.34. The predicted octanol–water partition coefficient (Wildman–Crippen LogP) is 4.31. The van der Waals surface area contributed by atoms with Gasteiger partial charge in [-0.1, -0.05) is 0 Å². The number of thiazole rings is 1. The Morgan fingerprint density at radius 1 is 1.19 bits per heavy atom. The molecule has 1 saturated carbocycles. The van der Waals surface area contributed by atoms with Crippen molar-refractivity contribution < 1.29 is 9.53 Å². The number of anilines is 1. The second kappa shape index (κ2) is 8.31. The zero-order chi connectivity index (χ0) is 21.2. The van der Waals surface area contributed by atoms with Crippen molar-refractivity contribution in [2.75, 3.05) is 12.4 Å². The number of hydrogen-bond acceptors (Lipinski definition) is 6. The summed E-state index contributed by atoms with van der Waals surface area (Å²) in [6.45, 7) is 0.611. The van der Waals surface area contributed by atoms with Crippen LogP contribution in [0.2, 0.25) is 0 Å². The molecule has 0 aromatic carbocycles. The van der Waals surface area contributed by atoms with Crippen molar-refractivity contribution in [1.82, 2.24) is 19.5 Å². The Morgan fingerprint density at radius 3 is 2.81 bits per heavy atom. The summed E-state index contributed by atoms with van der Waals surface area (Å²) in [6.07, 6.45) is 8.17. The Labute approximate surface area is 183 Å². The third-order valence-corrected chi connectivity index (χ3v) is 6.23. The van der Waals surface area contributed by atoms with E-state index in [1.165, 1.54) is 11.3 Å². The summed E-state index contributed by atoms with van der Waals surface area (Å²) in [6, 6.07) is 11.5. The number of hydrogen-bond donors (Lipinski definition) is 1. The normalized spacial score (nSPS) is 17.3. The number of methoxy groups -OCH3 is 1. The molecule has 1 amide bonds. The standard InChI is InChI=1S/C23H21N5O2S/c1-30-16-4-5-19(25-12-16)17-11-18(17)20-14-31-23(26-20)27-22(29)21-3-2-10-28(21)13-15-6-8-24-9-7-15/h2-10,12,14,17-18H,11,13H2,1H3,(H,26,27,29)/t17-,18+/m0/s1. The Hall–Kier alpha value is -3.52. The van der Waals surface area contributed by atoms with E-state index < -0.39 is 0 Å². The molecule has 0 spiro atoms. The molecule has 1 aliphatic carbocycles. The van der Waals surface area contributed by atoms with Crippen molar-refractivity contribution >= 4 is 22.4 Å². The van der Waals surface area contributed by atoms with Crippen LogP contribution < -0.4 is 10.1 Å². The number of carbonyl (C=O) groups excluding carboxylic acids is 1. The van der Waals surface area contributed by atoms with Gasteiger partial charge in [0.25, 0.3) is 5.91 Å².